The number of aliphatic carboxylic acids is 1. The van der Waals surface area contributed by atoms with Crippen LogP contribution in [0.3, 0.4) is 0 Å². The maximum Gasteiger partial charge on any atom is 0.303 e. The first-order valence-corrected chi connectivity index (χ1v) is 12.6. The second kappa shape index (κ2) is 12.8. The molecule has 0 radical (unpaired) electrons. The first kappa shape index (κ1) is 25.3. The van der Waals surface area contributed by atoms with Gasteiger partial charge in [-0.05, 0) is 36.0 Å². The van der Waals surface area contributed by atoms with Crippen molar-refractivity contribution in [2.24, 2.45) is 5.92 Å². The fourth-order valence-electron chi connectivity index (χ4n) is 5.13. The Kier molecular flexibility index (Phi) is 9.23. The molecule has 0 aromatic heterocycles. The van der Waals surface area contributed by atoms with Gasteiger partial charge in [0, 0.05) is 31.8 Å². The number of ether oxygens (including phenoxy) is 2. The van der Waals surface area contributed by atoms with Crippen LogP contribution in [0.5, 0.6) is 0 Å². The minimum Gasteiger partial charge on any atom is -0.481 e. The maximum atomic E-state index is 13.1. The smallest absolute Gasteiger partial charge is 0.303 e. The molecular weight excluding hydrogens is 442 g/mol. The normalized spacial score (nSPS) is 23.2. The number of ketones is 1. The summed E-state index contributed by atoms with van der Waals surface area (Å²) < 4.78 is 11.9. The standard InChI is InChI=1S/C29H35NO5/c31-26-20-27(35-21-22-12-14-24(15-13-22)23-8-4-3-5-9-23)25(10-6-1-2-7-11-28(32)33)29(26)30-16-18-34-19-17-30/h1-5,8-9,12-15,25,27,29H,6-7,10-11,16-21H2,(H,32,33)/b2-1-. The van der Waals surface area contributed by atoms with Gasteiger partial charge in [-0.25, -0.2) is 0 Å². The van der Waals surface area contributed by atoms with Crippen molar-refractivity contribution in [3.8, 4) is 11.1 Å². The number of hydrogen-bond acceptors (Lipinski definition) is 5. The van der Waals surface area contributed by atoms with Crippen LogP contribution in [0.25, 0.3) is 11.1 Å². The van der Waals surface area contributed by atoms with Crippen molar-refractivity contribution in [3.05, 3.63) is 72.3 Å². The molecular formula is C29H35NO5. The number of carbonyl (C=O) groups is 2. The molecule has 3 unspecified atom stereocenters. The van der Waals surface area contributed by atoms with Gasteiger partial charge in [0.1, 0.15) is 0 Å². The third-order valence-electron chi connectivity index (χ3n) is 6.94. The van der Waals surface area contributed by atoms with E-state index in [0.717, 1.165) is 31.5 Å². The lowest BCUT2D eigenvalue weighted by Gasteiger charge is -2.35. The number of rotatable bonds is 11. The monoisotopic (exact) mass is 477 g/mol. The molecule has 6 nitrogen and oxygen atoms in total. The number of hydrogen-bond donors (Lipinski definition) is 1. The van der Waals surface area contributed by atoms with Gasteiger partial charge in [0.15, 0.2) is 5.78 Å². The fourth-order valence-corrected chi connectivity index (χ4v) is 5.13. The molecule has 6 heteroatoms. The number of carboxylic acid groups (broad SMARTS) is 1. The second-order valence-corrected chi connectivity index (χ2v) is 9.32. The molecule has 0 amide bonds. The van der Waals surface area contributed by atoms with Crippen LogP contribution < -0.4 is 0 Å². The number of benzene rings is 2. The summed E-state index contributed by atoms with van der Waals surface area (Å²) in [5, 5.41) is 8.81. The van der Waals surface area contributed by atoms with Crippen LogP contribution in [0, 0.1) is 5.92 Å². The molecule has 0 spiro atoms. The molecule has 2 aromatic rings. The lowest BCUT2D eigenvalue weighted by atomic mass is 9.93. The minimum atomic E-state index is -0.784. The highest BCUT2D eigenvalue weighted by Gasteiger charge is 2.45. The van der Waals surface area contributed by atoms with Gasteiger partial charge in [0.25, 0.3) is 0 Å². The van der Waals surface area contributed by atoms with Crippen LogP contribution in [0.15, 0.2) is 66.7 Å². The van der Waals surface area contributed by atoms with E-state index < -0.39 is 5.97 Å². The van der Waals surface area contributed by atoms with E-state index in [1.165, 1.54) is 11.1 Å². The number of Topliss-reactive ketones (excluding diaryl/α,β-unsaturated/α-hetero) is 1. The molecule has 2 aliphatic rings. The zero-order chi connectivity index (χ0) is 24.5. The maximum absolute atomic E-state index is 13.1. The summed E-state index contributed by atoms with van der Waals surface area (Å²) in [6.45, 7) is 3.34. The summed E-state index contributed by atoms with van der Waals surface area (Å²) in [6, 6.07) is 18.6. The quantitative estimate of drug-likeness (QED) is 0.472. The first-order valence-electron chi connectivity index (χ1n) is 12.6. The second-order valence-electron chi connectivity index (χ2n) is 9.32. The molecule has 1 saturated heterocycles. The zero-order valence-electron chi connectivity index (χ0n) is 20.2. The summed E-state index contributed by atoms with van der Waals surface area (Å²) in [7, 11) is 0. The molecule has 3 atom stereocenters. The van der Waals surface area contributed by atoms with Crippen LogP contribution in [-0.2, 0) is 25.7 Å². The van der Waals surface area contributed by atoms with Crippen LogP contribution in [0.2, 0.25) is 0 Å². The van der Waals surface area contributed by atoms with E-state index in [4.69, 9.17) is 14.6 Å². The lowest BCUT2D eigenvalue weighted by Crippen LogP contribution is -2.49. The summed E-state index contributed by atoms with van der Waals surface area (Å²) in [6.07, 6.45) is 6.63. The highest BCUT2D eigenvalue weighted by Crippen LogP contribution is 2.35. The van der Waals surface area contributed by atoms with Crippen molar-refractivity contribution in [1.82, 2.24) is 4.90 Å². The van der Waals surface area contributed by atoms with E-state index in [1.807, 2.05) is 30.4 Å². The topological polar surface area (TPSA) is 76.1 Å². The van der Waals surface area contributed by atoms with Gasteiger partial charge in [0.2, 0.25) is 0 Å². The van der Waals surface area contributed by atoms with Gasteiger partial charge in [-0.1, -0.05) is 66.7 Å². The fraction of sp³-hybridized carbons (Fsp3) is 0.448. The van der Waals surface area contributed by atoms with E-state index in [1.54, 1.807) is 0 Å². The number of allylic oxidation sites excluding steroid dienone is 2. The van der Waals surface area contributed by atoms with E-state index >= 15 is 0 Å². The van der Waals surface area contributed by atoms with Crippen molar-refractivity contribution >= 4 is 11.8 Å². The number of morpholine rings is 1. The van der Waals surface area contributed by atoms with Gasteiger partial charge >= 0.3 is 5.97 Å². The molecule has 1 aliphatic carbocycles. The number of carboxylic acids is 1. The van der Waals surface area contributed by atoms with Crippen LogP contribution in [0.4, 0.5) is 0 Å². The van der Waals surface area contributed by atoms with Crippen molar-refractivity contribution in [2.45, 2.75) is 50.9 Å². The predicted molar refractivity (Wildman–Crippen MR) is 135 cm³/mol. The molecule has 1 aliphatic heterocycles. The van der Waals surface area contributed by atoms with Crippen LogP contribution in [0.1, 0.15) is 37.7 Å². The molecule has 1 heterocycles. The molecule has 1 N–H and O–H groups in total. The van der Waals surface area contributed by atoms with Crippen LogP contribution >= 0.6 is 0 Å². The average molecular weight is 478 g/mol. The summed E-state index contributed by atoms with van der Waals surface area (Å²) in [4.78, 5) is 26.1. The van der Waals surface area contributed by atoms with E-state index in [9.17, 15) is 9.59 Å². The van der Waals surface area contributed by atoms with Gasteiger partial charge in [-0.2, -0.15) is 0 Å². The number of carbonyl (C=O) groups excluding carboxylic acids is 1. The van der Waals surface area contributed by atoms with E-state index in [-0.39, 0.29) is 30.3 Å². The highest BCUT2D eigenvalue weighted by molar-refractivity contribution is 5.87. The Morgan fingerprint density at radius 3 is 2.40 bits per heavy atom. The van der Waals surface area contributed by atoms with Gasteiger partial charge in [-0.3, -0.25) is 14.5 Å². The summed E-state index contributed by atoms with van der Waals surface area (Å²) >= 11 is 0. The molecule has 0 bridgehead atoms. The molecule has 2 fully saturated rings. The molecule has 1 saturated carbocycles. The van der Waals surface area contributed by atoms with Gasteiger partial charge in [0.05, 0.1) is 32.0 Å². The summed E-state index contributed by atoms with van der Waals surface area (Å²) in [5.74, 6) is -0.404. The van der Waals surface area contributed by atoms with Crippen molar-refractivity contribution in [3.63, 3.8) is 0 Å². The number of nitrogens with zero attached hydrogens (tertiary/aromatic N) is 1. The Morgan fingerprint density at radius 2 is 1.69 bits per heavy atom. The van der Waals surface area contributed by atoms with Crippen LogP contribution in [-0.4, -0.2) is 60.2 Å². The first-order chi connectivity index (χ1) is 17.1. The molecule has 4 rings (SSSR count). The third kappa shape index (κ3) is 7.10. The van der Waals surface area contributed by atoms with Crippen molar-refractivity contribution < 1.29 is 24.2 Å². The zero-order valence-corrected chi connectivity index (χ0v) is 20.2. The Bertz CT molecular complexity index is 982. The van der Waals surface area contributed by atoms with Crippen molar-refractivity contribution in [2.75, 3.05) is 26.3 Å². The average Bonchev–Trinajstić information content (AvgIpc) is 3.20. The van der Waals surface area contributed by atoms with Crippen molar-refractivity contribution in [1.29, 1.82) is 0 Å². The molecule has 2 aromatic carbocycles. The third-order valence-corrected chi connectivity index (χ3v) is 6.94. The Hall–Kier alpha value is -2.80. The van der Waals surface area contributed by atoms with E-state index in [0.29, 0.717) is 32.7 Å². The Balaban J connectivity index is 1.38. The van der Waals surface area contributed by atoms with E-state index in [2.05, 4.69) is 41.3 Å². The molecule has 186 valence electrons. The summed E-state index contributed by atoms with van der Waals surface area (Å²) in [5.41, 5.74) is 3.45. The Morgan fingerprint density at radius 1 is 1.00 bits per heavy atom. The van der Waals surface area contributed by atoms with Gasteiger partial charge < -0.3 is 14.6 Å². The highest BCUT2D eigenvalue weighted by atomic mass is 16.5. The van der Waals surface area contributed by atoms with Gasteiger partial charge in [-0.15, -0.1) is 0 Å². The SMILES string of the molecule is O=C(O)CC/C=C\CCC1C(OCc2ccc(-c3ccccc3)cc2)CC(=O)C1N1CCOCC1. The minimum absolute atomic E-state index is 0.114. The largest absolute Gasteiger partial charge is 0.481 e. The molecule has 35 heavy (non-hydrogen) atoms. The Labute approximate surface area is 207 Å². The lowest BCUT2D eigenvalue weighted by molar-refractivity contribution is -0.136. The predicted octanol–water partition coefficient (Wildman–Crippen LogP) is 4.73.